The van der Waals surface area contributed by atoms with Gasteiger partial charge < -0.3 is 24.6 Å². The Morgan fingerprint density at radius 3 is 2.31 bits per heavy atom. The third-order valence-corrected chi connectivity index (χ3v) is 9.01. The molecule has 0 aliphatic carbocycles. The SMILES string of the molecule is C#Cc1cc(F)c([C@H](CC(=O)O)NC(=O)[C@H](CC(C)C)n2cc(CCN3CCCOCC3)c(C(F)(F)F)cc2=O)c(F)c1-c1c(C)cc(F)cc1C. The summed E-state index contributed by atoms with van der Waals surface area (Å²) in [6, 6.07) is 0.127. The normalized spacial score (nSPS) is 15.2. The molecule has 52 heavy (non-hydrogen) atoms. The van der Waals surface area contributed by atoms with Crippen molar-refractivity contribution in [3.05, 3.63) is 91.6 Å². The fourth-order valence-corrected chi connectivity index (χ4v) is 6.68. The number of hydrogen-bond donors (Lipinski definition) is 2. The standard InChI is InChI=1S/C38H41F6N3O5/c1-6-24-17-28(40)35(36(41)34(24)33-22(4)15-26(39)16-23(33)5)29(19-32(49)50)45-37(51)30(14-21(2)3)47-20-25(27(18-31(47)48)38(42,43)44)8-10-46-9-7-12-52-13-11-46/h1,15-18,20-21,29-30H,7-14,19H2,2-5H3,(H,45,51)(H,49,50)/t29-,30-/m0/s1. The summed E-state index contributed by atoms with van der Waals surface area (Å²) in [6.45, 7) is 8.63. The number of carbonyl (C=O) groups excluding carboxylic acids is 1. The van der Waals surface area contributed by atoms with E-state index >= 15 is 8.78 Å². The Bertz CT molecular complexity index is 1890. The molecule has 4 rings (SSSR count). The Balaban J connectivity index is 1.81. The Morgan fingerprint density at radius 1 is 1.04 bits per heavy atom. The van der Waals surface area contributed by atoms with E-state index < -0.39 is 70.7 Å². The molecule has 2 heterocycles. The van der Waals surface area contributed by atoms with Crippen LogP contribution in [-0.4, -0.2) is 59.3 Å². The van der Waals surface area contributed by atoms with Crippen molar-refractivity contribution in [1.29, 1.82) is 0 Å². The Kier molecular flexibility index (Phi) is 13.0. The highest BCUT2D eigenvalue weighted by atomic mass is 19.4. The van der Waals surface area contributed by atoms with Crippen LogP contribution in [-0.2, 0) is 26.9 Å². The Labute approximate surface area is 297 Å². The molecule has 1 aliphatic heterocycles. The minimum atomic E-state index is -4.88. The number of nitrogens with zero attached hydrogens (tertiary/aromatic N) is 2. The van der Waals surface area contributed by atoms with Gasteiger partial charge in [-0.3, -0.25) is 14.4 Å². The van der Waals surface area contributed by atoms with Gasteiger partial charge in [-0.1, -0.05) is 19.8 Å². The molecule has 0 spiro atoms. The molecule has 0 saturated carbocycles. The van der Waals surface area contributed by atoms with Gasteiger partial charge in [-0.15, -0.1) is 6.42 Å². The molecule has 2 aromatic carbocycles. The maximum absolute atomic E-state index is 16.6. The van der Waals surface area contributed by atoms with E-state index in [2.05, 4.69) is 11.2 Å². The first-order valence-electron chi connectivity index (χ1n) is 16.8. The van der Waals surface area contributed by atoms with Gasteiger partial charge in [0.15, 0.2) is 0 Å². The number of pyridine rings is 1. The number of amides is 1. The first-order valence-corrected chi connectivity index (χ1v) is 16.8. The Hall–Kier alpha value is -4.61. The maximum atomic E-state index is 16.6. The summed E-state index contributed by atoms with van der Waals surface area (Å²) in [7, 11) is 0. The van der Waals surface area contributed by atoms with E-state index in [-0.39, 0.29) is 58.7 Å². The number of aliphatic carboxylic acids is 1. The number of aromatic nitrogens is 1. The van der Waals surface area contributed by atoms with E-state index in [1.165, 1.54) is 13.8 Å². The van der Waals surface area contributed by atoms with Gasteiger partial charge in [-0.05, 0) is 79.5 Å². The number of ether oxygens (including phenoxy) is 1. The van der Waals surface area contributed by atoms with Crippen LogP contribution in [0.15, 0.2) is 35.3 Å². The zero-order valence-electron chi connectivity index (χ0n) is 29.3. The molecule has 14 heteroatoms. The second-order valence-corrected chi connectivity index (χ2v) is 13.4. The minimum Gasteiger partial charge on any atom is -0.481 e. The third kappa shape index (κ3) is 9.43. The average Bonchev–Trinajstić information content (AvgIpc) is 3.31. The number of carbonyl (C=O) groups is 2. The third-order valence-electron chi connectivity index (χ3n) is 9.01. The number of nitrogens with one attached hydrogen (secondary N) is 1. The molecule has 3 aromatic rings. The number of carboxylic acid groups (broad SMARTS) is 1. The molecule has 8 nitrogen and oxygen atoms in total. The van der Waals surface area contributed by atoms with Crippen LogP contribution in [0, 0.1) is 49.6 Å². The van der Waals surface area contributed by atoms with Gasteiger partial charge in [0.25, 0.3) is 5.56 Å². The minimum absolute atomic E-state index is 0.0972. The number of rotatable bonds is 12. The summed E-state index contributed by atoms with van der Waals surface area (Å²) in [6.07, 6.45) is 1.17. The van der Waals surface area contributed by atoms with Crippen molar-refractivity contribution in [3.8, 4) is 23.5 Å². The van der Waals surface area contributed by atoms with E-state index in [0.29, 0.717) is 38.8 Å². The zero-order chi connectivity index (χ0) is 38.5. The average molecular weight is 734 g/mol. The van der Waals surface area contributed by atoms with Crippen LogP contribution >= 0.6 is 0 Å². The van der Waals surface area contributed by atoms with Gasteiger partial charge in [0.1, 0.15) is 23.5 Å². The number of aryl methyl sites for hydroxylation is 2. The topological polar surface area (TPSA) is 101 Å². The highest BCUT2D eigenvalue weighted by Crippen LogP contribution is 2.38. The fraction of sp³-hybridized carbons (Fsp3) is 0.447. The van der Waals surface area contributed by atoms with E-state index in [9.17, 15) is 37.1 Å². The van der Waals surface area contributed by atoms with Crippen LogP contribution in [0.5, 0.6) is 0 Å². The number of alkyl halides is 3. The smallest absolute Gasteiger partial charge is 0.416 e. The number of hydrogen-bond acceptors (Lipinski definition) is 5. The largest absolute Gasteiger partial charge is 0.481 e. The second-order valence-electron chi connectivity index (χ2n) is 13.4. The molecule has 0 radical (unpaired) electrons. The predicted octanol–water partition coefficient (Wildman–Crippen LogP) is 6.73. The predicted molar refractivity (Wildman–Crippen MR) is 182 cm³/mol. The summed E-state index contributed by atoms with van der Waals surface area (Å²) in [5.74, 6) is -3.88. The van der Waals surface area contributed by atoms with Gasteiger partial charge >= 0.3 is 12.1 Å². The fourth-order valence-electron chi connectivity index (χ4n) is 6.68. The van der Waals surface area contributed by atoms with Gasteiger partial charge in [-0.25, -0.2) is 13.2 Å². The van der Waals surface area contributed by atoms with Gasteiger partial charge in [0.2, 0.25) is 5.91 Å². The molecule has 1 aromatic heterocycles. The summed E-state index contributed by atoms with van der Waals surface area (Å²) < 4.78 is 95.3. The highest BCUT2D eigenvalue weighted by molar-refractivity contribution is 5.83. The van der Waals surface area contributed by atoms with E-state index in [4.69, 9.17) is 11.2 Å². The number of carboxylic acids is 1. The van der Waals surface area contributed by atoms with E-state index in [1.807, 2.05) is 4.90 Å². The molecule has 2 N–H and O–H groups in total. The van der Waals surface area contributed by atoms with Gasteiger partial charge in [0.05, 0.1) is 24.6 Å². The van der Waals surface area contributed by atoms with E-state index in [0.717, 1.165) is 29.0 Å². The van der Waals surface area contributed by atoms with Crippen molar-refractivity contribution < 1.29 is 45.8 Å². The van der Waals surface area contributed by atoms with Gasteiger partial charge in [-0.2, -0.15) is 13.2 Å². The Morgan fingerprint density at radius 2 is 1.71 bits per heavy atom. The second kappa shape index (κ2) is 16.8. The number of terminal acetylenes is 1. The lowest BCUT2D eigenvalue weighted by Gasteiger charge is -2.27. The van der Waals surface area contributed by atoms with Crippen molar-refractivity contribution in [3.63, 3.8) is 0 Å². The molecule has 0 bridgehead atoms. The number of halogens is 6. The van der Waals surface area contributed by atoms with E-state index in [1.54, 1.807) is 13.8 Å². The summed E-state index contributed by atoms with van der Waals surface area (Å²) in [5.41, 5.74) is -3.29. The zero-order valence-corrected chi connectivity index (χ0v) is 29.3. The molecular formula is C38H41F6N3O5. The van der Waals surface area contributed by atoms with Crippen LogP contribution in [0.25, 0.3) is 11.1 Å². The monoisotopic (exact) mass is 733 g/mol. The van der Waals surface area contributed by atoms with Crippen LogP contribution in [0.1, 0.15) is 78.6 Å². The molecule has 280 valence electrons. The molecule has 1 amide bonds. The van der Waals surface area contributed by atoms with Crippen molar-refractivity contribution in [1.82, 2.24) is 14.8 Å². The van der Waals surface area contributed by atoms with Gasteiger partial charge in [0, 0.05) is 55.2 Å². The van der Waals surface area contributed by atoms with Crippen molar-refractivity contribution in [2.24, 2.45) is 5.92 Å². The lowest BCUT2D eigenvalue weighted by Crippen LogP contribution is -2.41. The molecule has 2 atom stereocenters. The highest BCUT2D eigenvalue weighted by Gasteiger charge is 2.37. The first-order chi connectivity index (χ1) is 24.4. The van der Waals surface area contributed by atoms with Crippen molar-refractivity contribution in [2.45, 2.75) is 71.6 Å². The molecule has 0 unspecified atom stereocenters. The maximum Gasteiger partial charge on any atom is 0.416 e. The first kappa shape index (κ1) is 40.2. The quantitative estimate of drug-likeness (QED) is 0.158. The number of benzene rings is 2. The van der Waals surface area contributed by atoms with Crippen LogP contribution in [0.2, 0.25) is 0 Å². The van der Waals surface area contributed by atoms with Crippen LogP contribution in [0.3, 0.4) is 0 Å². The molecule has 1 saturated heterocycles. The summed E-state index contributed by atoms with van der Waals surface area (Å²) in [4.78, 5) is 41.3. The molecule has 1 fully saturated rings. The van der Waals surface area contributed by atoms with Crippen molar-refractivity contribution >= 4 is 11.9 Å². The lowest BCUT2D eigenvalue weighted by molar-refractivity contribution is -0.139. The van der Waals surface area contributed by atoms with Crippen LogP contribution in [0.4, 0.5) is 26.3 Å². The summed E-state index contributed by atoms with van der Waals surface area (Å²) in [5, 5.41) is 12.1. The lowest BCUT2D eigenvalue weighted by atomic mass is 9.88. The molecular weight excluding hydrogens is 692 g/mol. The summed E-state index contributed by atoms with van der Waals surface area (Å²) >= 11 is 0. The van der Waals surface area contributed by atoms with Crippen molar-refractivity contribution in [2.75, 3.05) is 32.8 Å². The van der Waals surface area contributed by atoms with Crippen LogP contribution < -0.4 is 10.9 Å². The molecule has 1 aliphatic rings.